The highest BCUT2D eigenvalue weighted by atomic mass is 16.5. The van der Waals surface area contributed by atoms with Gasteiger partial charge in [-0.2, -0.15) is 0 Å². The fraction of sp³-hybridized carbons (Fsp3) is 0.625. The lowest BCUT2D eigenvalue weighted by Gasteiger charge is -2.23. The minimum atomic E-state index is -0.240. The van der Waals surface area contributed by atoms with Crippen molar-refractivity contribution in [2.24, 2.45) is 0 Å². The first-order valence-electron chi connectivity index (χ1n) is 7.13. The highest BCUT2D eigenvalue weighted by Gasteiger charge is 2.15. The summed E-state index contributed by atoms with van der Waals surface area (Å²) in [5.41, 5.74) is 1.28. The zero-order valence-electron chi connectivity index (χ0n) is 12.5. The minimum Gasteiger partial charge on any atom is -0.497 e. The van der Waals surface area contributed by atoms with E-state index in [9.17, 15) is 5.11 Å². The summed E-state index contributed by atoms with van der Waals surface area (Å²) in [5, 5.41) is 13.2. The number of nitrogens with one attached hydrogen (secondary N) is 1. The summed E-state index contributed by atoms with van der Waals surface area (Å²) < 4.78 is 5.17. The van der Waals surface area contributed by atoms with Crippen molar-refractivity contribution in [1.82, 2.24) is 5.32 Å². The third-order valence-electron chi connectivity index (χ3n) is 3.69. The molecule has 0 radical (unpaired) electrons. The van der Waals surface area contributed by atoms with E-state index in [0.29, 0.717) is 18.5 Å². The summed E-state index contributed by atoms with van der Waals surface area (Å²) >= 11 is 0. The fourth-order valence-electron chi connectivity index (χ4n) is 2.13. The van der Waals surface area contributed by atoms with Crippen LogP contribution in [-0.2, 0) is 0 Å². The molecule has 0 amide bonds. The molecule has 0 heterocycles. The topological polar surface area (TPSA) is 41.5 Å². The van der Waals surface area contributed by atoms with Gasteiger partial charge in [0.15, 0.2) is 0 Å². The van der Waals surface area contributed by atoms with Crippen LogP contribution in [0.1, 0.15) is 45.1 Å². The average molecular weight is 265 g/mol. The molecule has 3 nitrogen and oxygen atoms in total. The molecule has 0 aromatic heterocycles. The summed E-state index contributed by atoms with van der Waals surface area (Å²) in [6.07, 6.45) is 1.64. The van der Waals surface area contributed by atoms with Crippen LogP contribution in [0.3, 0.4) is 0 Å². The van der Waals surface area contributed by atoms with Crippen LogP contribution in [0.5, 0.6) is 5.75 Å². The first kappa shape index (κ1) is 16.0. The Kier molecular flexibility index (Phi) is 6.89. The monoisotopic (exact) mass is 265 g/mol. The van der Waals surface area contributed by atoms with Gasteiger partial charge < -0.3 is 15.2 Å². The predicted octanol–water partition coefficient (Wildman–Crippen LogP) is 2.94. The van der Waals surface area contributed by atoms with Crippen molar-refractivity contribution in [1.29, 1.82) is 0 Å². The van der Waals surface area contributed by atoms with Gasteiger partial charge in [-0.25, -0.2) is 0 Å². The van der Waals surface area contributed by atoms with Crippen LogP contribution in [0, 0.1) is 0 Å². The molecule has 1 aromatic carbocycles. The summed E-state index contributed by atoms with van der Waals surface area (Å²) in [7, 11) is 1.68. The van der Waals surface area contributed by atoms with Gasteiger partial charge in [-0.3, -0.25) is 0 Å². The van der Waals surface area contributed by atoms with E-state index in [0.717, 1.165) is 18.6 Å². The van der Waals surface area contributed by atoms with E-state index in [1.165, 1.54) is 5.56 Å². The van der Waals surface area contributed by atoms with Gasteiger partial charge >= 0.3 is 0 Å². The zero-order valence-corrected chi connectivity index (χ0v) is 12.5. The van der Waals surface area contributed by atoms with E-state index in [-0.39, 0.29) is 6.10 Å². The second kappa shape index (κ2) is 8.18. The molecule has 19 heavy (non-hydrogen) atoms. The number of aliphatic hydroxyl groups is 1. The molecule has 0 aliphatic carbocycles. The Morgan fingerprint density at radius 2 is 1.84 bits per heavy atom. The van der Waals surface area contributed by atoms with Crippen molar-refractivity contribution in [3.63, 3.8) is 0 Å². The highest BCUT2D eigenvalue weighted by Crippen LogP contribution is 2.21. The largest absolute Gasteiger partial charge is 0.497 e. The van der Waals surface area contributed by atoms with Gasteiger partial charge in [0.25, 0.3) is 0 Å². The SMILES string of the molecule is CCCC(O)CNC(C)C(C)c1ccc(OC)cc1. The molecule has 0 saturated carbocycles. The second-order valence-corrected chi connectivity index (χ2v) is 5.20. The summed E-state index contributed by atoms with van der Waals surface area (Å²) in [6, 6.07) is 8.52. The number of methoxy groups -OCH3 is 1. The lowest BCUT2D eigenvalue weighted by Crippen LogP contribution is -2.36. The Morgan fingerprint density at radius 1 is 1.21 bits per heavy atom. The Hall–Kier alpha value is -1.06. The maximum absolute atomic E-state index is 9.74. The van der Waals surface area contributed by atoms with Crippen LogP contribution in [0.4, 0.5) is 0 Å². The molecule has 3 unspecified atom stereocenters. The normalized spacial score (nSPS) is 15.8. The lowest BCUT2D eigenvalue weighted by atomic mass is 9.94. The van der Waals surface area contributed by atoms with Crippen LogP contribution >= 0.6 is 0 Å². The van der Waals surface area contributed by atoms with Crippen LogP contribution < -0.4 is 10.1 Å². The molecule has 0 aliphatic heterocycles. The molecular formula is C16H27NO2. The number of hydrogen-bond donors (Lipinski definition) is 2. The number of rotatable bonds is 8. The average Bonchev–Trinajstić information content (AvgIpc) is 2.44. The number of aliphatic hydroxyl groups excluding tert-OH is 1. The zero-order chi connectivity index (χ0) is 14.3. The Morgan fingerprint density at radius 3 is 2.37 bits per heavy atom. The molecule has 0 spiro atoms. The van der Waals surface area contributed by atoms with Gasteiger partial charge in [0, 0.05) is 12.6 Å². The summed E-state index contributed by atoms with van der Waals surface area (Å²) in [6.45, 7) is 7.11. The fourth-order valence-corrected chi connectivity index (χ4v) is 2.13. The molecule has 2 N–H and O–H groups in total. The molecule has 0 aliphatic rings. The predicted molar refractivity (Wildman–Crippen MR) is 79.8 cm³/mol. The van der Waals surface area contributed by atoms with Crippen LogP contribution in [0.2, 0.25) is 0 Å². The van der Waals surface area contributed by atoms with E-state index in [1.54, 1.807) is 7.11 Å². The van der Waals surface area contributed by atoms with E-state index in [4.69, 9.17) is 4.74 Å². The van der Waals surface area contributed by atoms with Gasteiger partial charge in [0.1, 0.15) is 5.75 Å². The Balaban J connectivity index is 2.48. The van der Waals surface area contributed by atoms with Crippen LogP contribution in [0.25, 0.3) is 0 Å². The molecule has 3 heteroatoms. The first-order valence-corrected chi connectivity index (χ1v) is 7.13. The number of hydrogen-bond acceptors (Lipinski definition) is 3. The smallest absolute Gasteiger partial charge is 0.118 e. The summed E-state index contributed by atoms with van der Waals surface area (Å²) in [4.78, 5) is 0. The Labute approximate surface area is 117 Å². The second-order valence-electron chi connectivity index (χ2n) is 5.20. The maximum Gasteiger partial charge on any atom is 0.118 e. The van der Waals surface area contributed by atoms with E-state index in [1.807, 2.05) is 12.1 Å². The third kappa shape index (κ3) is 5.21. The molecule has 1 rings (SSSR count). The van der Waals surface area contributed by atoms with E-state index in [2.05, 4.69) is 38.2 Å². The highest BCUT2D eigenvalue weighted by molar-refractivity contribution is 5.29. The van der Waals surface area contributed by atoms with E-state index < -0.39 is 0 Å². The quantitative estimate of drug-likeness (QED) is 0.759. The molecule has 1 aromatic rings. The van der Waals surface area contributed by atoms with Gasteiger partial charge in [0.2, 0.25) is 0 Å². The van der Waals surface area contributed by atoms with Crippen molar-refractivity contribution in [2.75, 3.05) is 13.7 Å². The van der Waals surface area contributed by atoms with Gasteiger partial charge in [-0.05, 0) is 37.0 Å². The maximum atomic E-state index is 9.74. The lowest BCUT2D eigenvalue weighted by molar-refractivity contribution is 0.155. The molecule has 108 valence electrons. The van der Waals surface area contributed by atoms with Crippen molar-refractivity contribution in [3.05, 3.63) is 29.8 Å². The molecule has 0 bridgehead atoms. The van der Waals surface area contributed by atoms with Crippen molar-refractivity contribution >= 4 is 0 Å². The van der Waals surface area contributed by atoms with Crippen LogP contribution in [0.15, 0.2) is 24.3 Å². The van der Waals surface area contributed by atoms with Crippen molar-refractivity contribution in [2.45, 2.75) is 51.7 Å². The van der Waals surface area contributed by atoms with Gasteiger partial charge in [0.05, 0.1) is 13.2 Å². The van der Waals surface area contributed by atoms with Crippen molar-refractivity contribution < 1.29 is 9.84 Å². The third-order valence-corrected chi connectivity index (χ3v) is 3.69. The summed E-state index contributed by atoms with van der Waals surface area (Å²) in [5.74, 6) is 1.29. The van der Waals surface area contributed by atoms with E-state index >= 15 is 0 Å². The molecule has 3 atom stereocenters. The number of ether oxygens (including phenoxy) is 1. The minimum absolute atomic E-state index is 0.240. The molecular weight excluding hydrogens is 238 g/mol. The van der Waals surface area contributed by atoms with Crippen molar-refractivity contribution in [3.8, 4) is 5.75 Å². The molecule has 0 saturated heterocycles. The molecule has 0 fully saturated rings. The van der Waals surface area contributed by atoms with Gasteiger partial charge in [-0.15, -0.1) is 0 Å². The number of benzene rings is 1. The van der Waals surface area contributed by atoms with Crippen LogP contribution in [-0.4, -0.2) is 30.9 Å². The van der Waals surface area contributed by atoms with Gasteiger partial charge in [-0.1, -0.05) is 32.4 Å². The Bertz CT molecular complexity index is 350. The standard InChI is InChI=1S/C16H27NO2/c1-5-6-15(18)11-17-13(3)12(2)14-7-9-16(19-4)10-8-14/h7-10,12-13,15,17-18H,5-6,11H2,1-4H3. The first-order chi connectivity index (χ1) is 9.08.